The lowest BCUT2D eigenvalue weighted by molar-refractivity contribution is 0.886. The fraction of sp³-hybridized carbons (Fsp3) is 0.545. The van der Waals surface area contributed by atoms with Crippen LogP contribution in [0.3, 0.4) is 0 Å². The summed E-state index contributed by atoms with van der Waals surface area (Å²) in [5.74, 6) is 0.966. The van der Waals surface area contributed by atoms with Crippen molar-refractivity contribution in [3.63, 3.8) is 0 Å². The minimum Gasteiger partial charge on any atom is -0.373 e. The van der Waals surface area contributed by atoms with Crippen molar-refractivity contribution in [3.05, 3.63) is 18.2 Å². The molecule has 0 amide bonds. The van der Waals surface area contributed by atoms with Gasteiger partial charge in [-0.1, -0.05) is 18.9 Å². The summed E-state index contributed by atoms with van der Waals surface area (Å²) >= 11 is 1.93. The van der Waals surface area contributed by atoms with Crippen LogP contribution in [0.25, 0.3) is 0 Å². The average Bonchev–Trinajstić information content (AvgIpc) is 2.71. The predicted molar refractivity (Wildman–Crippen MR) is 61.9 cm³/mol. The van der Waals surface area contributed by atoms with Crippen molar-refractivity contribution in [2.75, 3.05) is 12.4 Å². The molecule has 3 heteroatoms. The van der Waals surface area contributed by atoms with Crippen molar-refractivity contribution < 1.29 is 0 Å². The molecule has 0 radical (unpaired) electrons. The van der Waals surface area contributed by atoms with Crippen LogP contribution in [0.4, 0.5) is 5.82 Å². The Morgan fingerprint density at radius 3 is 2.86 bits per heavy atom. The summed E-state index contributed by atoms with van der Waals surface area (Å²) in [5.41, 5.74) is 0. The van der Waals surface area contributed by atoms with E-state index >= 15 is 0 Å². The van der Waals surface area contributed by atoms with E-state index in [0.717, 1.165) is 16.1 Å². The number of nitrogens with one attached hydrogen (secondary N) is 1. The van der Waals surface area contributed by atoms with E-state index in [-0.39, 0.29) is 0 Å². The lowest BCUT2D eigenvalue weighted by Crippen LogP contribution is -1.97. The molecule has 0 atom stereocenters. The normalized spacial score (nSPS) is 17.2. The molecule has 2 rings (SSSR count). The number of thioether (sulfide) groups is 1. The van der Waals surface area contributed by atoms with Gasteiger partial charge >= 0.3 is 0 Å². The van der Waals surface area contributed by atoms with Gasteiger partial charge in [-0.15, -0.1) is 11.8 Å². The van der Waals surface area contributed by atoms with E-state index in [1.54, 1.807) is 0 Å². The molecule has 1 saturated carbocycles. The highest BCUT2D eigenvalue weighted by molar-refractivity contribution is 7.99. The van der Waals surface area contributed by atoms with Crippen LogP contribution in [0.15, 0.2) is 23.2 Å². The molecule has 1 aliphatic rings. The molecule has 1 aromatic rings. The molecule has 0 aromatic carbocycles. The van der Waals surface area contributed by atoms with Gasteiger partial charge in [0.1, 0.15) is 5.82 Å². The maximum absolute atomic E-state index is 4.51. The van der Waals surface area contributed by atoms with Gasteiger partial charge in [-0.2, -0.15) is 0 Å². The second kappa shape index (κ2) is 4.69. The van der Waals surface area contributed by atoms with Gasteiger partial charge in [0.2, 0.25) is 0 Å². The van der Waals surface area contributed by atoms with E-state index in [9.17, 15) is 0 Å². The van der Waals surface area contributed by atoms with Gasteiger partial charge < -0.3 is 5.32 Å². The molecular formula is C11H16N2S. The fourth-order valence-corrected chi connectivity index (χ4v) is 3.02. The van der Waals surface area contributed by atoms with Crippen molar-refractivity contribution in [2.45, 2.75) is 36.0 Å². The first-order valence-electron chi connectivity index (χ1n) is 5.20. The van der Waals surface area contributed by atoms with Crippen LogP contribution in [-0.2, 0) is 0 Å². The Hall–Kier alpha value is -0.700. The number of anilines is 1. The SMILES string of the molecule is CNc1cccc(SC2CCCC2)n1. The number of hydrogen-bond acceptors (Lipinski definition) is 3. The smallest absolute Gasteiger partial charge is 0.126 e. The minimum atomic E-state index is 0.801. The van der Waals surface area contributed by atoms with Crippen LogP contribution in [0.5, 0.6) is 0 Å². The molecule has 1 N–H and O–H groups in total. The highest BCUT2D eigenvalue weighted by atomic mass is 32.2. The first-order valence-corrected chi connectivity index (χ1v) is 6.08. The molecular weight excluding hydrogens is 192 g/mol. The van der Waals surface area contributed by atoms with Gasteiger partial charge in [0, 0.05) is 12.3 Å². The number of nitrogens with zero attached hydrogens (tertiary/aromatic N) is 1. The maximum Gasteiger partial charge on any atom is 0.126 e. The number of rotatable bonds is 3. The molecule has 0 bridgehead atoms. The Balaban J connectivity index is 2.00. The van der Waals surface area contributed by atoms with Gasteiger partial charge in [0.25, 0.3) is 0 Å². The summed E-state index contributed by atoms with van der Waals surface area (Å²) in [6, 6.07) is 6.17. The fourth-order valence-electron chi connectivity index (χ4n) is 1.80. The van der Waals surface area contributed by atoms with Gasteiger partial charge in [0.15, 0.2) is 0 Å². The molecule has 2 nitrogen and oxygen atoms in total. The molecule has 1 aromatic heterocycles. The quantitative estimate of drug-likeness (QED) is 0.826. The molecule has 0 spiro atoms. The Morgan fingerprint density at radius 1 is 1.36 bits per heavy atom. The van der Waals surface area contributed by atoms with Crippen molar-refractivity contribution in [1.29, 1.82) is 0 Å². The van der Waals surface area contributed by atoms with E-state index in [4.69, 9.17) is 0 Å². The van der Waals surface area contributed by atoms with Gasteiger partial charge in [-0.25, -0.2) is 4.98 Å². The molecule has 1 fully saturated rings. The summed E-state index contributed by atoms with van der Waals surface area (Å²) in [5, 5.41) is 5.02. The highest BCUT2D eigenvalue weighted by Crippen LogP contribution is 2.33. The van der Waals surface area contributed by atoms with E-state index in [1.165, 1.54) is 25.7 Å². The standard InChI is InChI=1S/C11H16N2S/c1-12-10-7-4-8-11(13-10)14-9-5-2-3-6-9/h4,7-9H,2-3,5-6H2,1H3,(H,12,13). The van der Waals surface area contributed by atoms with Crippen LogP contribution in [0.2, 0.25) is 0 Å². The lowest BCUT2D eigenvalue weighted by Gasteiger charge is -2.08. The van der Waals surface area contributed by atoms with Crippen molar-refractivity contribution in [3.8, 4) is 0 Å². The summed E-state index contributed by atoms with van der Waals surface area (Å²) in [4.78, 5) is 4.51. The third-order valence-corrected chi connectivity index (χ3v) is 3.84. The van der Waals surface area contributed by atoms with Crippen LogP contribution < -0.4 is 5.32 Å². The van der Waals surface area contributed by atoms with Gasteiger partial charge in [-0.3, -0.25) is 0 Å². The molecule has 14 heavy (non-hydrogen) atoms. The lowest BCUT2D eigenvalue weighted by atomic mass is 10.4. The number of pyridine rings is 1. The zero-order valence-corrected chi connectivity index (χ0v) is 9.31. The predicted octanol–water partition coefficient (Wildman–Crippen LogP) is 3.16. The summed E-state index contributed by atoms with van der Waals surface area (Å²) in [7, 11) is 1.91. The molecule has 1 heterocycles. The van der Waals surface area contributed by atoms with E-state index in [2.05, 4.69) is 22.4 Å². The van der Waals surface area contributed by atoms with Crippen LogP contribution >= 0.6 is 11.8 Å². The molecule has 0 aliphatic heterocycles. The third kappa shape index (κ3) is 2.41. The largest absolute Gasteiger partial charge is 0.373 e. The third-order valence-electron chi connectivity index (χ3n) is 2.57. The number of hydrogen-bond donors (Lipinski definition) is 1. The van der Waals surface area contributed by atoms with Gasteiger partial charge in [0.05, 0.1) is 5.03 Å². The number of aromatic nitrogens is 1. The van der Waals surface area contributed by atoms with Crippen LogP contribution in [0, 0.1) is 0 Å². The Morgan fingerprint density at radius 2 is 2.14 bits per heavy atom. The molecule has 0 unspecified atom stereocenters. The van der Waals surface area contributed by atoms with E-state index in [0.29, 0.717) is 0 Å². The molecule has 1 aliphatic carbocycles. The zero-order valence-electron chi connectivity index (χ0n) is 8.49. The zero-order chi connectivity index (χ0) is 9.80. The van der Waals surface area contributed by atoms with Crippen LogP contribution in [-0.4, -0.2) is 17.3 Å². The summed E-state index contributed by atoms with van der Waals surface area (Å²) in [6.07, 6.45) is 5.50. The van der Waals surface area contributed by atoms with E-state index in [1.807, 2.05) is 24.9 Å². The Kier molecular flexibility index (Phi) is 3.30. The second-order valence-electron chi connectivity index (χ2n) is 3.64. The maximum atomic E-state index is 4.51. The first-order chi connectivity index (χ1) is 6.88. The summed E-state index contributed by atoms with van der Waals surface area (Å²) < 4.78 is 0. The van der Waals surface area contributed by atoms with Crippen molar-refractivity contribution in [1.82, 2.24) is 4.98 Å². The first kappa shape index (κ1) is 9.84. The minimum absolute atomic E-state index is 0.801. The van der Waals surface area contributed by atoms with Crippen molar-refractivity contribution in [2.24, 2.45) is 0 Å². The topological polar surface area (TPSA) is 24.9 Å². The highest BCUT2D eigenvalue weighted by Gasteiger charge is 2.16. The summed E-state index contributed by atoms with van der Waals surface area (Å²) in [6.45, 7) is 0. The molecule has 0 saturated heterocycles. The second-order valence-corrected chi connectivity index (χ2v) is 4.96. The monoisotopic (exact) mass is 208 g/mol. The Bertz CT molecular complexity index is 295. The van der Waals surface area contributed by atoms with Crippen LogP contribution in [0.1, 0.15) is 25.7 Å². The van der Waals surface area contributed by atoms with E-state index < -0.39 is 0 Å². The molecule has 76 valence electrons. The average molecular weight is 208 g/mol. The van der Waals surface area contributed by atoms with Gasteiger partial charge in [-0.05, 0) is 25.0 Å². The van der Waals surface area contributed by atoms with Crippen molar-refractivity contribution >= 4 is 17.6 Å². The Labute approximate surface area is 89.5 Å².